The van der Waals surface area contributed by atoms with Gasteiger partial charge in [0.25, 0.3) is 5.95 Å². The van der Waals surface area contributed by atoms with Gasteiger partial charge in [0.1, 0.15) is 29.0 Å². The van der Waals surface area contributed by atoms with Gasteiger partial charge in [0.15, 0.2) is 5.82 Å². The molecule has 15 heteroatoms. The Labute approximate surface area is 256 Å². The number of benzene rings is 2. The van der Waals surface area contributed by atoms with Crippen LogP contribution >= 0.6 is 0 Å². The molecule has 228 valence electrons. The number of aromatic nitrogens is 5. The third-order valence-electron chi connectivity index (χ3n) is 6.26. The molecule has 44 heavy (non-hydrogen) atoms. The van der Waals surface area contributed by atoms with Gasteiger partial charge >= 0.3 is 0 Å². The molecule has 0 bridgehead atoms. The largest absolute Gasteiger partial charge is 0.341 e. The van der Waals surface area contributed by atoms with Crippen LogP contribution in [0.15, 0.2) is 52.7 Å². The van der Waals surface area contributed by atoms with E-state index in [1.807, 2.05) is 18.2 Å². The molecule has 0 spiro atoms. The number of nitrogens with zero attached hydrogens (tertiary/aromatic N) is 9. The van der Waals surface area contributed by atoms with Crippen LogP contribution in [0.2, 0.25) is 0 Å². The standard InChI is InChI=1S/C29H33N11O3S/c1-7-8-15-39(23-11-9-22(10-12-23)38-44(6,42)43)24-13-14-26(27(16-24)34-21(5)41)35-36-28-25(17-30)18(2)37-40(28)29-32-19(3)31-20(4)33-29/h9-14,16,38H,7-8,15H2,1-6H3,(H,34,41). The van der Waals surface area contributed by atoms with Crippen LogP contribution in [0.25, 0.3) is 5.95 Å². The summed E-state index contributed by atoms with van der Waals surface area (Å²) in [5.74, 6) is 1.01. The number of nitrogens with one attached hydrogen (secondary N) is 2. The number of aryl methyl sites for hydroxylation is 3. The number of carbonyl (C=O) groups is 1. The van der Waals surface area contributed by atoms with Crippen molar-refractivity contribution >= 4 is 50.2 Å². The first-order chi connectivity index (χ1) is 20.9. The number of amides is 1. The van der Waals surface area contributed by atoms with E-state index >= 15 is 0 Å². The van der Waals surface area contributed by atoms with Crippen molar-refractivity contribution in [1.29, 1.82) is 5.26 Å². The van der Waals surface area contributed by atoms with Crippen molar-refractivity contribution < 1.29 is 13.2 Å². The number of anilines is 4. The molecule has 2 aromatic heterocycles. The number of azo groups is 1. The second kappa shape index (κ2) is 13.4. The molecule has 0 saturated carbocycles. The summed E-state index contributed by atoms with van der Waals surface area (Å²) in [6.07, 6.45) is 2.93. The Hall–Kier alpha value is -5.23. The zero-order valence-corrected chi connectivity index (χ0v) is 26.1. The number of hydrogen-bond acceptors (Lipinski definition) is 11. The van der Waals surface area contributed by atoms with Gasteiger partial charge < -0.3 is 10.2 Å². The number of hydrogen-bond donors (Lipinski definition) is 2. The Morgan fingerprint density at radius 1 is 1.02 bits per heavy atom. The normalized spacial score (nSPS) is 11.4. The van der Waals surface area contributed by atoms with E-state index in [-0.39, 0.29) is 23.2 Å². The fourth-order valence-corrected chi connectivity index (χ4v) is 4.95. The van der Waals surface area contributed by atoms with E-state index in [0.29, 0.717) is 40.9 Å². The minimum absolute atomic E-state index is 0.139. The van der Waals surface area contributed by atoms with Crippen molar-refractivity contribution in [3.05, 3.63) is 65.4 Å². The van der Waals surface area contributed by atoms with Crippen LogP contribution in [0.5, 0.6) is 0 Å². The molecule has 0 aliphatic carbocycles. The van der Waals surface area contributed by atoms with E-state index in [1.54, 1.807) is 45.0 Å². The molecule has 0 aliphatic rings. The molecule has 4 aromatic rings. The summed E-state index contributed by atoms with van der Waals surface area (Å²) in [5.41, 5.74) is 3.46. The average Bonchev–Trinajstić information content (AvgIpc) is 3.27. The lowest BCUT2D eigenvalue weighted by atomic mass is 10.1. The SMILES string of the molecule is CCCCN(c1ccc(NS(C)(=O)=O)cc1)c1ccc(N=Nc2c(C#N)c(C)nn2-c2nc(C)nc(C)n2)c(NC(C)=O)c1. The summed E-state index contributed by atoms with van der Waals surface area (Å²) < 4.78 is 27.1. The average molecular weight is 616 g/mol. The molecule has 0 unspecified atom stereocenters. The summed E-state index contributed by atoms with van der Waals surface area (Å²) in [4.78, 5) is 27.1. The number of carbonyl (C=O) groups excluding carboxylic acids is 1. The van der Waals surface area contributed by atoms with Gasteiger partial charge in [-0.25, -0.2) is 13.4 Å². The second-order valence-corrected chi connectivity index (χ2v) is 11.8. The molecular weight excluding hydrogens is 582 g/mol. The minimum Gasteiger partial charge on any atom is -0.341 e. The van der Waals surface area contributed by atoms with E-state index < -0.39 is 10.0 Å². The predicted octanol–water partition coefficient (Wildman–Crippen LogP) is 5.54. The van der Waals surface area contributed by atoms with E-state index in [4.69, 9.17) is 0 Å². The van der Waals surface area contributed by atoms with Crippen molar-refractivity contribution in [3.63, 3.8) is 0 Å². The highest BCUT2D eigenvalue weighted by molar-refractivity contribution is 7.92. The van der Waals surface area contributed by atoms with Crippen LogP contribution in [0.3, 0.4) is 0 Å². The lowest BCUT2D eigenvalue weighted by molar-refractivity contribution is -0.114. The first kappa shape index (κ1) is 31.7. The molecule has 0 saturated heterocycles. The Kier molecular flexibility index (Phi) is 9.64. The highest BCUT2D eigenvalue weighted by Gasteiger charge is 2.20. The maximum absolute atomic E-state index is 12.2. The number of rotatable bonds is 11. The van der Waals surface area contributed by atoms with E-state index in [2.05, 4.69) is 58.2 Å². The fraction of sp³-hybridized carbons (Fsp3) is 0.310. The monoisotopic (exact) mass is 615 g/mol. The lowest BCUT2D eigenvalue weighted by Crippen LogP contribution is -2.19. The van der Waals surface area contributed by atoms with E-state index in [9.17, 15) is 18.5 Å². The van der Waals surface area contributed by atoms with Crippen LogP contribution in [0.4, 0.5) is 34.3 Å². The van der Waals surface area contributed by atoms with Gasteiger partial charge in [-0.1, -0.05) is 13.3 Å². The van der Waals surface area contributed by atoms with Crippen LogP contribution in [0.1, 0.15) is 49.6 Å². The zero-order chi connectivity index (χ0) is 32.0. The molecular formula is C29H33N11O3S. The molecule has 2 aromatic carbocycles. The van der Waals surface area contributed by atoms with Gasteiger partial charge in [-0.3, -0.25) is 9.52 Å². The van der Waals surface area contributed by atoms with Crippen molar-refractivity contribution in [2.24, 2.45) is 10.2 Å². The third-order valence-corrected chi connectivity index (χ3v) is 6.86. The van der Waals surface area contributed by atoms with Gasteiger partial charge in [-0.2, -0.15) is 25.0 Å². The Balaban J connectivity index is 1.76. The van der Waals surface area contributed by atoms with Gasteiger partial charge in [0.05, 0.1) is 17.6 Å². The van der Waals surface area contributed by atoms with Crippen molar-refractivity contribution in [1.82, 2.24) is 24.7 Å². The summed E-state index contributed by atoms with van der Waals surface area (Å²) in [5, 5.41) is 25.9. The van der Waals surface area contributed by atoms with E-state index in [0.717, 1.165) is 30.5 Å². The summed E-state index contributed by atoms with van der Waals surface area (Å²) in [7, 11) is -3.41. The van der Waals surface area contributed by atoms with Crippen molar-refractivity contribution in [2.45, 2.75) is 47.5 Å². The zero-order valence-electron chi connectivity index (χ0n) is 25.3. The smallest absolute Gasteiger partial charge is 0.256 e. The molecule has 4 rings (SSSR count). The van der Waals surface area contributed by atoms with Gasteiger partial charge in [-0.15, -0.1) is 10.2 Å². The van der Waals surface area contributed by atoms with Crippen molar-refractivity contribution in [3.8, 4) is 12.0 Å². The van der Waals surface area contributed by atoms with Crippen LogP contribution in [0, 0.1) is 32.1 Å². The van der Waals surface area contributed by atoms with Crippen LogP contribution in [-0.4, -0.2) is 51.9 Å². The quantitative estimate of drug-likeness (QED) is 0.205. The molecule has 2 heterocycles. The van der Waals surface area contributed by atoms with Gasteiger partial charge in [0, 0.05) is 30.5 Å². The molecule has 0 atom stereocenters. The number of nitriles is 1. The molecule has 14 nitrogen and oxygen atoms in total. The Morgan fingerprint density at radius 2 is 1.68 bits per heavy atom. The third kappa shape index (κ3) is 7.78. The molecule has 0 radical (unpaired) electrons. The lowest BCUT2D eigenvalue weighted by Gasteiger charge is -2.26. The van der Waals surface area contributed by atoms with Crippen LogP contribution in [-0.2, 0) is 14.8 Å². The van der Waals surface area contributed by atoms with E-state index in [1.165, 1.54) is 11.6 Å². The maximum Gasteiger partial charge on any atom is 0.256 e. The fourth-order valence-electron chi connectivity index (χ4n) is 4.39. The summed E-state index contributed by atoms with van der Waals surface area (Å²) >= 11 is 0. The molecule has 2 N–H and O–H groups in total. The highest BCUT2D eigenvalue weighted by Crippen LogP contribution is 2.36. The van der Waals surface area contributed by atoms with Gasteiger partial charge in [0.2, 0.25) is 15.9 Å². The first-order valence-electron chi connectivity index (χ1n) is 13.8. The first-order valence-corrected chi connectivity index (χ1v) is 15.7. The molecule has 1 amide bonds. The van der Waals surface area contributed by atoms with Gasteiger partial charge in [-0.05, 0) is 69.7 Å². The number of sulfonamides is 1. The summed E-state index contributed by atoms with van der Waals surface area (Å²) in [6.45, 7) is 9.30. The van der Waals surface area contributed by atoms with Crippen molar-refractivity contribution in [2.75, 3.05) is 27.7 Å². The highest BCUT2D eigenvalue weighted by atomic mass is 32.2. The topological polar surface area (TPSA) is 184 Å². The predicted molar refractivity (Wildman–Crippen MR) is 168 cm³/mol. The second-order valence-electron chi connectivity index (χ2n) is 10.0. The maximum atomic E-state index is 12.2. The molecule has 0 fully saturated rings. The summed E-state index contributed by atoms with van der Waals surface area (Å²) in [6, 6.07) is 14.5. The Bertz CT molecular complexity index is 1840. The number of unbranched alkanes of at least 4 members (excludes halogenated alkanes) is 1. The minimum atomic E-state index is -3.41. The molecule has 0 aliphatic heterocycles. The van der Waals surface area contributed by atoms with Crippen LogP contribution < -0.4 is 14.9 Å². The Morgan fingerprint density at radius 3 is 2.27 bits per heavy atom.